The molecule has 0 aliphatic heterocycles. The number of amides is 1. The molecule has 0 saturated heterocycles. The Labute approximate surface area is 94.1 Å². The van der Waals surface area contributed by atoms with Crippen molar-refractivity contribution in [3.63, 3.8) is 0 Å². The molecule has 0 aliphatic rings. The molecular formula is C7H6F9NO. The van der Waals surface area contributed by atoms with Gasteiger partial charge in [0.1, 0.15) is 0 Å². The van der Waals surface area contributed by atoms with E-state index in [4.69, 9.17) is 0 Å². The molecule has 0 spiro atoms. The van der Waals surface area contributed by atoms with Crippen LogP contribution in [-0.4, -0.2) is 36.4 Å². The third-order valence-electron chi connectivity index (χ3n) is 1.83. The zero-order valence-electron chi connectivity index (χ0n) is 8.52. The monoisotopic (exact) mass is 291 g/mol. The summed E-state index contributed by atoms with van der Waals surface area (Å²) in [5, 5.41) is 0.957. The van der Waals surface area contributed by atoms with Crippen molar-refractivity contribution in [2.75, 3.05) is 6.54 Å². The minimum Gasteiger partial charge on any atom is -0.353 e. The second-order valence-corrected chi connectivity index (χ2v) is 3.09. The summed E-state index contributed by atoms with van der Waals surface area (Å²) < 4.78 is 110. The van der Waals surface area contributed by atoms with Crippen LogP contribution in [-0.2, 0) is 4.79 Å². The molecule has 108 valence electrons. The maximum absolute atomic E-state index is 13.1. The van der Waals surface area contributed by atoms with Gasteiger partial charge in [0.05, 0.1) is 0 Å². The zero-order chi connectivity index (χ0) is 15.0. The van der Waals surface area contributed by atoms with Crippen molar-refractivity contribution in [1.29, 1.82) is 0 Å². The number of hydrogen-bond acceptors (Lipinski definition) is 1. The summed E-state index contributed by atoms with van der Waals surface area (Å²) in [5.74, 6) is -10.0. The molecule has 11 heteroatoms. The van der Waals surface area contributed by atoms with Gasteiger partial charge in [-0.05, 0) is 6.92 Å². The van der Waals surface area contributed by atoms with Gasteiger partial charge < -0.3 is 5.32 Å². The van der Waals surface area contributed by atoms with Crippen molar-refractivity contribution in [1.82, 2.24) is 5.32 Å². The zero-order valence-corrected chi connectivity index (χ0v) is 8.52. The Hall–Kier alpha value is -1.16. The quantitative estimate of drug-likeness (QED) is 0.796. The molecule has 0 bridgehead atoms. The third kappa shape index (κ3) is 2.34. The van der Waals surface area contributed by atoms with Crippen LogP contribution in [0.25, 0.3) is 0 Å². The van der Waals surface area contributed by atoms with E-state index in [0.717, 1.165) is 12.2 Å². The highest BCUT2D eigenvalue weighted by Gasteiger charge is 2.84. The molecule has 0 aromatic rings. The van der Waals surface area contributed by atoms with Crippen LogP contribution in [0, 0.1) is 0 Å². The molecule has 0 saturated carbocycles. The lowest BCUT2D eigenvalue weighted by Crippen LogP contribution is -2.68. The van der Waals surface area contributed by atoms with Gasteiger partial charge in [-0.25, -0.2) is 4.39 Å². The van der Waals surface area contributed by atoms with Gasteiger partial charge in [0, 0.05) is 6.54 Å². The fourth-order valence-electron chi connectivity index (χ4n) is 0.927. The van der Waals surface area contributed by atoms with E-state index in [-0.39, 0.29) is 0 Å². The van der Waals surface area contributed by atoms with E-state index in [9.17, 15) is 44.3 Å². The molecule has 18 heavy (non-hydrogen) atoms. The summed E-state index contributed by atoms with van der Waals surface area (Å²) in [6.07, 6.45) is -13.6. The van der Waals surface area contributed by atoms with Crippen molar-refractivity contribution in [2.45, 2.75) is 30.9 Å². The highest BCUT2D eigenvalue weighted by atomic mass is 19.4. The maximum Gasteiger partial charge on any atom is 0.457 e. The Kier molecular flexibility index (Phi) is 4.21. The summed E-state index contributed by atoms with van der Waals surface area (Å²) in [5.41, 5.74) is -6.38. The molecule has 0 heterocycles. The number of nitrogens with one attached hydrogen (secondary N) is 1. The lowest BCUT2D eigenvalue weighted by Gasteiger charge is -2.34. The smallest absolute Gasteiger partial charge is 0.353 e. The van der Waals surface area contributed by atoms with Crippen LogP contribution in [0.15, 0.2) is 0 Å². The summed E-state index contributed by atoms with van der Waals surface area (Å²) in [6.45, 7) is 0.162. The number of hydrogen-bond donors (Lipinski definition) is 1. The van der Waals surface area contributed by atoms with Gasteiger partial charge in [0.15, 0.2) is 0 Å². The summed E-state index contributed by atoms with van der Waals surface area (Å²) in [4.78, 5) is 10.6. The van der Waals surface area contributed by atoms with Crippen molar-refractivity contribution in [3.8, 4) is 0 Å². The average molecular weight is 291 g/mol. The molecule has 0 radical (unpaired) electrons. The van der Waals surface area contributed by atoms with Gasteiger partial charge in [-0.3, -0.25) is 4.79 Å². The topological polar surface area (TPSA) is 29.1 Å². The van der Waals surface area contributed by atoms with E-state index >= 15 is 0 Å². The molecular weight excluding hydrogens is 285 g/mol. The number of rotatable bonds is 3. The Morgan fingerprint density at radius 1 is 0.889 bits per heavy atom. The fraction of sp³-hybridized carbons (Fsp3) is 0.857. The van der Waals surface area contributed by atoms with Crippen LogP contribution in [0.4, 0.5) is 39.5 Å². The summed E-state index contributed by atoms with van der Waals surface area (Å²) in [7, 11) is 0. The van der Waals surface area contributed by atoms with E-state index in [2.05, 4.69) is 0 Å². The SMILES string of the molecule is CCNC(=O)C(F)(C(F)(F)F)C(F)(F)C(F)(F)F. The first-order valence-corrected chi connectivity index (χ1v) is 4.22. The van der Waals surface area contributed by atoms with E-state index in [0.29, 0.717) is 0 Å². The predicted molar refractivity (Wildman–Crippen MR) is 39.6 cm³/mol. The molecule has 1 N–H and O–H groups in total. The third-order valence-corrected chi connectivity index (χ3v) is 1.83. The standard InChI is InChI=1S/C7H6F9NO/c1-2-17-3(18)4(8,6(11,12)13)5(9,10)7(14,15)16/h2H2,1H3,(H,17,18). The van der Waals surface area contributed by atoms with Crippen LogP contribution in [0.1, 0.15) is 6.92 Å². The molecule has 0 fully saturated rings. The molecule has 0 aromatic carbocycles. The van der Waals surface area contributed by atoms with E-state index < -0.39 is 36.4 Å². The maximum atomic E-state index is 13.1. The second kappa shape index (κ2) is 4.50. The first-order chi connectivity index (χ1) is 7.73. The number of alkyl halides is 9. The van der Waals surface area contributed by atoms with Crippen LogP contribution in [0.3, 0.4) is 0 Å². The lowest BCUT2D eigenvalue weighted by molar-refractivity contribution is -0.370. The minimum atomic E-state index is -6.91. The normalized spacial score (nSPS) is 17.2. The van der Waals surface area contributed by atoms with E-state index in [1.165, 1.54) is 0 Å². The van der Waals surface area contributed by atoms with E-state index in [1.54, 1.807) is 0 Å². The Morgan fingerprint density at radius 2 is 1.28 bits per heavy atom. The molecule has 0 aliphatic carbocycles. The predicted octanol–water partition coefficient (Wildman–Crippen LogP) is 2.59. The van der Waals surface area contributed by atoms with Crippen molar-refractivity contribution >= 4 is 5.91 Å². The van der Waals surface area contributed by atoms with Crippen LogP contribution in [0.5, 0.6) is 0 Å². The highest BCUT2D eigenvalue weighted by Crippen LogP contribution is 2.52. The molecule has 2 nitrogen and oxygen atoms in total. The number of carbonyl (C=O) groups is 1. The first kappa shape index (κ1) is 16.8. The second-order valence-electron chi connectivity index (χ2n) is 3.09. The van der Waals surface area contributed by atoms with Crippen LogP contribution < -0.4 is 5.32 Å². The van der Waals surface area contributed by atoms with Gasteiger partial charge in [0.25, 0.3) is 5.91 Å². The highest BCUT2D eigenvalue weighted by molar-refractivity contribution is 5.87. The minimum absolute atomic E-state index is 0.755. The molecule has 1 unspecified atom stereocenters. The molecule has 0 rings (SSSR count). The van der Waals surface area contributed by atoms with Gasteiger partial charge in [-0.15, -0.1) is 0 Å². The first-order valence-electron chi connectivity index (χ1n) is 4.22. The van der Waals surface area contributed by atoms with Crippen LogP contribution in [0.2, 0.25) is 0 Å². The fourth-order valence-corrected chi connectivity index (χ4v) is 0.927. The largest absolute Gasteiger partial charge is 0.457 e. The Bertz CT molecular complexity index is 320. The van der Waals surface area contributed by atoms with Gasteiger partial charge in [0.2, 0.25) is 0 Å². The molecule has 0 aromatic heterocycles. The van der Waals surface area contributed by atoms with Crippen molar-refractivity contribution < 1.29 is 44.3 Å². The Morgan fingerprint density at radius 3 is 1.50 bits per heavy atom. The molecule has 1 amide bonds. The van der Waals surface area contributed by atoms with Crippen molar-refractivity contribution in [3.05, 3.63) is 0 Å². The van der Waals surface area contributed by atoms with Gasteiger partial charge in [-0.2, -0.15) is 35.1 Å². The van der Waals surface area contributed by atoms with Gasteiger partial charge in [-0.1, -0.05) is 0 Å². The summed E-state index contributed by atoms with van der Waals surface area (Å²) >= 11 is 0. The average Bonchev–Trinajstić information content (AvgIpc) is 2.12. The van der Waals surface area contributed by atoms with Crippen LogP contribution >= 0.6 is 0 Å². The number of halogens is 9. The van der Waals surface area contributed by atoms with Gasteiger partial charge >= 0.3 is 23.9 Å². The van der Waals surface area contributed by atoms with Crippen molar-refractivity contribution in [2.24, 2.45) is 0 Å². The Balaban J connectivity index is 5.88. The number of carbonyl (C=O) groups excluding carboxylic acids is 1. The summed E-state index contributed by atoms with van der Waals surface area (Å²) in [6, 6.07) is 0. The van der Waals surface area contributed by atoms with E-state index in [1.807, 2.05) is 0 Å². The lowest BCUT2D eigenvalue weighted by atomic mass is 9.95. The molecule has 1 atom stereocenters.